The summed E-state index contributed by atoms with van der Waals surface area (Å²) in [5.41, 5.74) is 1.07. The Hall–Kier alpha value is -1.38. The second kappa shape index (κ2) is 5.30. The van der Waals surface area contributed by atoms with Gasteiger partial charge in [-0.1, -0.05) is 30.9 Å². The standard InChI is InChI=1S/C14H18FNO/c1-10-7-8-13(15)12(9-10)14(17)16-11-5-3-2-4-6-11/h7-9,11H,2-6H2,1H3,(H,16,17). The zero-order valence-electron chi connectivity index (χ0n) is 10.1. The van der Waals surface area contributed by atoms with E-state index in [1.54, 1.807) is 12.1 Å². The minimum atomic E-state index is -0.441. The van der Waals surface area contributed by atoms with Crippen LogP contribution in [0.2, 0.25) is 0 Å². The van der Waals surface area contributed by atoms with Crippen molar-refractivity contribution in [3.05, 3.63) is 35.1 Å². The van der Waals surface area contributed by atoms with E-state index in [0.29, 0.717) is 0 Å². The summed E-state index contributed by atoms with van der Waals surface area (Å²) in [5.74, 6) is -0.720. The smallest absolute Gasteiger partial charge is 0.254 e. The van der Waals surface area contributed by atoms with Gasteiger partial charge >= 0.3 is 0 Å². The molecule has 1 N–H and O–H groups in total. The molecule has 92 valence electrons. The van der Waals surface area contributed by atoms with Crippen molar-refractivity contribution in [1.29, 1.82) is 0 Å². The molecule has 0 atom stereocenters. The van der Waals surface area contributed by atoms with Crippen LogP contribution in [0.3, 0.4) is 0 Å². The Morgan fingerprint density at radius 2 is 2.00 bits per heavy atom. The van der Waals surface area contributed by atoms with Crippen molar-refractivity contribution in [3.8, 4) is 0 Å². The van der Waals surface area contributed by atoms with Crippen LogP contribution in [-0.4, -0.2) is 11.9 Å². The van der Waals surface area contributed by atoms with E-state index in [1.165, 1.54) is 12.5 Å². The summed E-state index contributed by atoms with van der Waals surface area (Å²) in [4.78, 5) is 11.9. The van der Waals surface area contributed by atoms with E-state index < -0.39 is 5.82 Å². The Balaban J connectivity index is 2.05. The van der Waals surface area contributed by atoms with Crippen LogP contribution in [0.1, 0.15) is 48.0 Å². The molecular formula is C14H18FNO. The van der Waals surface area contributed by atoms with Gasteiger partial charge in [0.15, 0.2) is 0 Å². The van der Waals surface area contributed by atoms with Gasteiger partial charge in [0.2, 0.25) is 0 Å². The van der Waals surface area contributed by atoms with Gasteiger partial charge in [-0.2, -0.15) is 0 Å². The third-order valence-electron chi connectivity index (χ3n) is 3.31. The van der Waals surface area contributed by atoms with Crippen molar-refractivity contribution in [2.24, 2.45) is 0 Å². The minimum Gasteiger partial charge on any atom is -0.349 e. The Morgan fingerprint density at radius 1 is 1.29 bits per heavy atom. The molecule has 0 saturated heterocycles. The number of halogens is 1. The van der Waals surface area contributed by atoms with Gasteiger partial charge in [0, 0.05) is 6.04 Å². The number of carbonyl (C=O) groups is 1. The minimum absolute atomic E-state index is 0.163. The summed E-state index contributed by atoms with van der Waals surface area (Å²) in [6, 6.07) is 4.85. The molecule has 1 aliphatic carbocycles. The average Bonchev–Trinajstić information content (AvgIpc) is 2.33. The van der Waals surface area contributed by atoms with E-state index in [9.17, 15) is 9.18 Å². The maximum Gasteiger partial charge on any atom is 0.254 e. The molecule has 1 aromatic rings. The lowest BCUT2D eigenvalue weighted by Crippen LogP contribution is -2.36. The van der Waals surface area contributed by atoms with Gasteiger partial charge in [0.05, 0.1) is 5.56 Å². The van der Waals surface area contributed by atoms with E-state index in [0.717, 1.165) is 31.2 Å². The molecule has 1 fully saturated rings. The summed E-state index contributed by atoms with van der Waals surface area (Å²) in [5, 5.41) is 2.92. The predicted molar refractivity (Wildman–Crippen MR) is 65.5 cm³/mol. The third-order valence-corrected chi connectivity index (χ3v) is 3.31. The van der Waals surface area contributed by atoms with Crippen LogP contribution in [0, 0.1) is 12.7 Å². The first-order valence-electron chi connectivity index (χ1n) is 6.24. The normalized spacial score (nSPS) is 16.8. The Morgan fingerprint density at radius 3 is 2.71 bits per heavy atom. The second-order valence-electron chi connectivity index (χ2n) is 4.79. The molecule has 1 amide bonds. The lowest BCUT2D eigenvalue weighted by atomic mass is 9.95. The summed E-state index contributed by atoms with van der Waals surface area (Å²) >= 11 is 0. The highest BCUT2D eigenvalue weighted by Gasteiger charge is 2.18. The first-order valence-corrected chi connectivity index (χ1v) is 6.24. The van der Waals surface area contributed by atoms with Crippen molar-refractivity contribution in [3.63, 3.8) is 0 Å². The van der Waals surface area contributed by atoms with Crippen molar-refractivity contribution in [2.75, 3.05) is 0 Å². The molecule has 3 heteroatoms. The first kappa shape index (κ1) is 12.1. The van der Waals surface area contributed by atoms with Gasteiger partial charge in [-0.3, -0.25) is 4.79 Å². The van der Waals surface area contributed by atoms with E-state index in [4.69, 9.17) is 0 Å². The van der Waals surface area contributed by atoms with Crippen LogP contribution in [0.5, 0.6) is 0 Å². The van der Waals surface area contributed by atoms with E-state index in [2.05, 4.69) is 5.32 Å². The van der Waals surface area contributed by atoms with Crippen molar-refractivity contribution >= 4 is 5.91 Å². The van der Waals surface area contributed by atoms with Crippen molar-refractivity contribution in [1.82, 2.24) is 5.32 Å². The zero-order valence-corrected chi connectivity index (χ0v) is 10.1. The number of amides is 1. The molecule has 0 spiro atoms. The number of nitrogens with one attached hydrogen (secondary N) is 1. The van der Waals surface area contributed by atoms with Gasteiger partial charge in [-0.15, -0.1) is 0 Å². The number of benzene rings is 1. The highest BCUT2D eigenvalue weighted by atomic mass is 19.1. The molecule has 1 aliphatic rings. The van der Waals surface area contributed by atoms with Crippen LogP contribution in [0.15, 0.2) is 18.2 Å². The molecular weight excluding hydrogens is 217 g/mol. The van der Waals surface area contributed by atoms with Gasteiger partial charge < -0.3 is 5.32 Å². The van der Waals surface area contributed by atoms with Crippen LogP contribution in [0.25, 0.3) is 0 Å². The van der Waals surface area contributed by atoms with Crippen LogP contribution in [0.4, 0.5) is 4.39 Å². The van der Waals surface area contributed by atoms with Gasteiger partial charge in [0.25, 0.3) is 5.91 Å². The monoisotopic (exact) mass is 235 g/mol. The summed E-state index contributed by atoms with van der Waals surface area (Å²) in [6.07, 6.45) is 5.58. The first-order chi connectivity index (χ1) is 8.16. The largest absolute Gasteiger partial charge is 0.349 e. The molecule has 0 radical (unpaired) electrons. The maximum absolute atomic E-state index is 13.5. The predicted octanol–water partition coefficient (Wildman–Crippen LogP) is 3.20. The maximum atomic E-state index is 13.5. The number of aryl methyl sites for hydroxylation is 1. The lowest BCUT2D eigenvalue weighted by Gasteiger charge is -2.22. The molecule has 0 bridgehead atoms. The fraction of sp³-hybridized carbons (Fsp3) is 0.500. The molecule has 0 aliphatic heterocycles. The third kappa shape index (κ3) is 3.05. The molecule has 2 nitrogen and oxygen atoms in total. The second-order valence-corrected chi connectivity index (χ2v) is 4.79. The van der Waals surface area contributed by atoms with E-state index in [-0.39, 0.29) is 17.5 Å². The van der Waals surface area contributed by atoms with Crippen molar-refractivity contribution in [2.45, 2.75) is 45.1 Å². The summed E-state index contributed by atoms with van der Waals surface area (Å²) in [6.45, 7) is 1.86. The highest BCUT2D eigenvalue weighted by molar-refractivity contribution is 5.94. The Bertz CT molecular complexity index is 411. The molecule has 1 saturated carbocycles. The molecule has 2 rings (SSSR count). The van der Waals surface area contributed by atoms with Crippen molar-refractivity contribution < 1.29 is 9.18 Å². The SMILES string of the molecule is Cc1ccc(F)c(C(=O)NC2CCCCC2)c1. The van der Waals surface area contributed by atoms with Gasteiger partial charge in [-0.05, 0) is 31.9 Å². The Kier molecular flexibility index (Phi) is 3.77. The summed E-state index contributed by atoms with van der Waals surface area (Å²) in [7, 11) is 0. The fourth-order valence-corrected chi connectivity index (χ4v) is 2.32. The van der Waals surface area contributed by atoms with E-state index >= 15 is 0 Å². The van der Waals surface area contributed by atoms with E-state index in [1.807, 2.05) is 6.92 Å². The molecule has 17 heavy (non-hydrogen) atoms. The number of hydrogen-bond acceptors (Lipinski definition) is 1. The molecule has 1 aromatic carbocycles. The van der Waals surface area contributed by atoms with Crippen LogP contribution >= 0.6 is 0 Å². The number of carbonyl (C=O) groups excluding carboxylic acids is 1. The number of hydrogen-bond donors (Lipinski definition) is 1. The highest BCUT2D eigenvalue weighted by Crippen LogP contribution is 2.18. The zero-order chi connectivity index (χ0) is 12.3. The number of rotatable bonds is 2. The van der Waals surface area contributed by atoms with Gasteiger partial charge in [-0.25, -0.2) is 4.39 Å². The summed E-state index contributed by atoms with van der Waals surface area (Å²) < 4.78 is 13.5. The molecule has 0 unspecified atom stereocenters. The Labute approximate surface area is 101 Å². The lowest BCUT2D eigenvalue weighted by molar-refractivity contribution is 0.0923. The van der Waals surface area contributed by atoms with Crippen LogP contribution in [-0.2, 0) is 0 Å². The molecule has 0 aromatic heterocycles. The van der Waals surface area contributed by atoms with Gasteiger partial charge in [0.1, 0.15) is 5.82 Å². The quantitative estimate of drug-likeness (QED) is 0.838. The topological polar surface area (TPSA) is 29.1 Å². The fourth-order valence-electron chi connectivity index (χ4n) is 2.32. The molecule has 0 heterocycles. The van der Waals surface area contributed by atoms with Crippen LogP contribution < -0.4 is 5.32 Å². The average molecular weight is 235 g/mol.